The van der Waals surface area contributed by atoms with E-state index in [1.54, 1.807) is 31.4 Å². The number of rotatable bonds is 7. The van der Waals surface area contributed by atoms with Gasteiger partial charge in [-0.1, -0.05) is 59.6 Å². The maximum absolute atomic E-state index is 13.3. The number of Topliss-reactive ketones (excluding diaryl/α,β-unsaturated/α-hetero) is 1. The van der Waals surface area contributed by atoms with Gasteiger partial charge in [-0.05, 0) is 43.7 Å². The Kier molecular flexibility index (Phi) is 7.12. The van der Waals surface area contributed by atoms with Gasteiger partial charge in [-0.2, -0.15) is 0 Å². The average molecular weight is 492 g/mol. The van der Waals surface area contributed by atoms with Crippen molar-refractivity contribution < 1.29 is 24.2 Å². The molecule has 7 heteroatoms. The number of carbonyl (C=O) groups excluding carboxylic acids is 2. The third-order valence-electron chi connectivity index (χ3n) is 5.94. The van der Waals surface area contributed by atoms with Gasteiger partial charge in [-0.15, -0.1) is 0 Å². The highest BCUT2D eigenvalue weighted by atomic mass is 35.5. The van der Waals surface area contributed by atoms with Crippen molar-refractivity contribution in [1.29, 1.82) is 0 Å². The smallest absolute Gasteiger partial charge is 0.295 e. The summed E-state index contributed by atoms with van der Waals surface area (Å²) in [5.41, 5.74) is 2.79. The Morgan fingerprint density at radius 1 is 1.03 bits per heavy atom. The molecule has 1 aliphatic rings. The van der Waals surface area contributed by atoms with Crippen LogP contribution in [0.3, 0.4) is 0 Å². The molecular weight excluding hydrogens is 466 g/mol. The number of methoxy groups -OCH3 is 1. The van der Waals surface area contributed by atoms with E-state index in [0.717, 1.165) is 16.7 Å². The van der Waals surface area contributed by atoms with E-state index in [9.17, 15) is 14.7 Å². The van der Waals surface area contributed by atoms with Gasteiger partial charge in [0.25, 0.3) is 11.7 Å². The Hall–Kier alpha value is -3.77. The molecule has 35 heavy (non-hydrogen) atoms. The van der Waals surface area contributed by atoms with Crippen LogP contribution in [0, 0.1) is 6.92 Å². The quantitative estimate of drug-likeness (QED) is 0.261. The van der Waals surface area contributed by atoms with Gasteiger partial charge >= 0.3 is 0 Å². The summed E-state index contributed by atoms with van der Waals surface area (Å²) in [5, 5.41) is 11.7. The first-order valence-corrected chi connectivity index (χ1v) is 11.6. The van der Waals surface area contributed by atoms with Crippen LogP contribution in [0.2, 0.25) is 5.02 Å². The molecule has 0 aromatic heterocycles. The fraction of sp³-hybridized carbons (Fsp3) is 0.214. The molecule has 0 bridgehead atoms. The number of aliphatic hydroxyl groups excluding tert-OH is 1. The van der Waals surface area contributed by atoms with Crippen LogP contribution in [0.4, 0.5) is 0 Å². The Morgan fingerprint density at radius 2 is 1.80 bits per heavy atom. The SMILES string of the molecule is CCOc1cc(/C(O)=C2/C(=O)C(=O)N(Cc3ccccc3OC)C2c2cccc(C)c2)ccc1Cl. The molecule has 1 atom stereocenters. The van der Waals surface area contributed by atoms with Crippen molar-refractivity contribution in [1.82, 2.24) is 4.90 Å². The van der Waals surface area contributed by atoms with Gasteiger partial charge in [0.05, 0.1) is 36.9 Å². The fourth-order valence-corrected chi connectivity index (χ4v) is 4.49. The van der Waals surface area contributed by atoms with E-state index in [1.807, 2.05) is 56.3 Å². The van der Waals surface area contributed by atoms with Crippen LogP contribution < -0.4 is 9.47 Å². The van der Waals surface area contributed by atoms with Crippen molar-refractivity contribution in [3.05, 3.63) is 99.6 Å². The summed E-state index contributed by atoms with van der Waals surface area (Å²) in [6.07, 6.45) is 0. The van der Waals surface area contributed by atoms with Crippen LogP contribution in [0.5, 0.6) is 11.5 Å². The van der Waals surface area contributed by atoms with Crippen molar-refractivity contribution >= 4 is 29.1 Å². The molecule has 1 fully saturated rings. The molecule has 180 valence electrons. The largest absolute Gasteiger partial charge is 0.507 e. The Bertz CT molecular complexity index is 1320. The summed E-state index contributed by atoms with van der Waals surface area (Å²) >= 11 is 6.21. The summed E-state index contributed by atoms with van der Waals surface area (Å²) in [6, 6.07) is 18.9. The number of aryl methyl sites for hydroxylation is 1. The predicted octanol–water partition coefficient (Wildman–Crippen LogP) is 5.68. The van der Waals surface area contributed by atoms with Gasteiger partial charge in [0.2, 0.25) is 0 Å². The van der Waals surface area contributed by atoms with Crippen LogP contribution in [-0.4, -0.2) is 35.4 Å². The maximum atomic E-state index is 13.3. The van der Waals surface area contributed by atoms with Gasteiger partial charge < -0.3 is 19.5 Å². The fourth-order valence-electron chi connectivity index (χ4n) is 4.32. The van der Waals surface area contributed by atoms with E-state index in [2.05, 4.69) is 0 Å². The zero-order chi connectivity index (χ0) is 25.1. The van der Waals surface area contributed by atoms with E-state index < -0.39 is 17.7 Å². The van der Waals surface area contributed by atoms with Crippen LogP contribution in [0.25, 0.3) is 5.76 Å². The maximum Gasteiger partial charge on any atom is 0.295 e. The molecule has 4 rings (SSSR count). The first-order valence-electron chi connectivity index (χ1n) is 11.2. The van der Waals surface area contributed by atoms with Crippen molar-refractivity contribution in [2.45, 2.75) is 26.4 Å². The number of hydrogen-bond acceptors (Lipinski definition) is 5. The van der Waals surface area contributed by atoms with Crippen molar-refractivity contribution in [3.63, 3.8) is 0 Å². The third kappa shape index (κ3) is 4.75. The number of carbonyl (C=O) groups is 2. The highest BCUT2D eigenvalue weighted by Gasteiger charge is 2.46. The lowest BCUT2D eigenvalue weighted by Crippen LogP contribution is -2.29. The lowest BCUT2D eigenvalue weighted by atomic mass is 9.94. The Morgan fingerprint density at radius 3 is 2.51 bits per heavy atom. The van der Waals surface area contributed by atoms with Crippen LogP contribution in [0.15, 0.2) is 72.3 Å². The Labute approximate surface area is 209 Å². The molecule has 0 radical (unpaired) electrons. The molecule has 1 heterocycles. The van der Waals surface area contributed by atoms with Crippen LogP contribution in [0.1, 0.15) is 35.2 Å². The number of hydrogen-bond donors (Lipinski definition) is 1. The molecule has 1 N–H and O–H groups in total. The molecule has 3 aromatic rings. The van der Waals surface area contributed by atoms with Crippen LogP contribution >= 0.6 is 11.6 Å². The van der Waals surface area contributed by atoms with Gasteiger partial charge in [-0.3, -0.25) is 9.59 Å². The number of benzene rings is 3. The Balaban J connectivity index is 1.88. The number of nitrogens with zero attached hydrogens (tertiary/aromatic N) is 1. The minimum Gasteiger partial charge on any atom is -0.507 e. The number of amides is 1. The summed E-state index contributed by atoms with van der Waals surface area (Å²) < 4.78 is 11.0. The van der Waals surface area contributed by atoms with Crippen molar-refractivity contribution in [3.8, 4) is 11.5 Å². The number of para-hydroxylation sites is 1. The normalized spacial score (nSPS) is 17.0. The summed E-state index contributed by atoms with van der Waals surface area (Å²) in [4.78, 5) is 28.1. The van der Waals surface area contributed by atoms with Crippen molar-refractivity contribution in [2.75, 3.05) is 13.7 Å². The van der Waals surface area contributed by atoms with E-state index in [0.29, 0.717) is 28.7 Å². The van der Waals surface area contributed by atoms with Gasteiger partial charge in [0.15, 0.2) is 0 Å². The van der Waals surface area contributed by atoms with E-state index >= 15 is 0 Å². The zero-order valence-corrected chi connectivity index (χ0v) is 20.5. The molecule has 6 nitrogen and oxygen atoms in total. The number of halogens is 1. The average Bonchev–Trinajstić information content (AvgIpc) is 3.10. The first-order chi connectivity index (χ1) is 16.8. The minimum absolute atomic E-state index is 0.0141. The second kappa shape index (κ2) is 10.2. The van der Waals surface area contributed by atoms with E-state index in [4.69, 9.17) is 21.1 Å². The summed E-state index contributed by atoms with van der Waals surface area (Å²) in [5.74, 6) is -0.736. The van der Waals surface area contributed by atoms with Gasteiger partial charge in [0.1, 0.15) is 17.3 Å². The van der Waals surface area contributed by atoms with Gasteiger partial charge in [0, 0.05) is 11.1 Å². The molecule has 1 saturated heterocycles. The number of ether oxygens (including phenoxy) is 2. The second-order valence-corrected chi connectivity index (χ2v) is 8.64. The van der Waals surface area contributed by atoms with Gasteiger partial charge in [-0.25, -0.2) is 0 Å². The lowest BCUT2D eigenvalue weighted by Gasteiger charge is -2.26. The predicted molar refractivity (Wildman–Crippen MR) is 135 cm³/mol. The number of ketones is 1. The lowest BCUT2D eigenvalue weighted by molar-refractivity contribution is -0.140. The molecule has 1 unspecified atom stereocenters. The third-order valence-corrected chi connectivity index (χ3v) is 6.25. The number of aliphatic hydroxyl groups is 1. The highest BCUT2D eigenvalue weighted by molar-refractivity contribution is 6.46. The molecule has 1 aliphatic heterocycles. The standard InChI is InChI=1S/C28H26ClNO5/c1-4-35-23-15-19(12-13-21(23)29)26(31)24-25(18-10-7-8-17(2)14-18)30(28(33)27(24)32)16-20-9-5-6-11-22(20)34-3/h5-15,25,31H,4,16H2,1-3H3/b26-24-. The molecule has 0 saturated carbocycles. The van der Waals surface area contributed by atoms with E-state index in [-0.39, 0.29) is 17.9 Å². The van der Waals surface area contributed by atoms with Crippen LogP contribution in [-0.2, 0) is 16.1 Å². The summed E-state index contributed by atoms with van der Waals surface area (Å²) in [6.45, 7) is 4.28. The molecule has 0 spiro atoms. The second-order valence-electron chi connectivity index (χ2n) is 8.23. The van der Waals surface area contributed by atoms with Crippen molar-refractivity contribution in [2.24, 2.45) is 0 Å². The monoisotopic (exact) mass is 491 g/mol. The summed E-state index contributed by atoms with van der Waals surface area (Å²) in [7, 11) is 1.56. The molecule has 0 aliphatic carbocycles. The molecule has 1 amide bonds. The van der Waals surface area contributed by atoms with E-state index in [1.165, 1.54) is 4.90 Å². The molecule has 3 aromatic carbocycles. The first kappa shape index (κ1) is 24.4. The number of likely N-dealkylation sites (tertiary alicyclic amines) is 1. The topological polar surface area (TPSA) is 76.1 Å². The zero-order valence-electron chi connectivity index (χ0n) is 19.7. The highest BCUT2D eigenvalue weighted by Crippen LogP contribution is 2.42. The molecular formula is C28H26ClNO5. The minimum atomic E-state index is -0.786.